The quantitative estimate of drug-likeness (QED) is 0.713. The van der Waals surface area contributed by atoms with Gasteiger partial charge in [-0.25, -0.2) is 4.98 Å². The molecule has 0 aromatic carbocycles. The second kappa shape index (κ2) is 7.07. The van der Waals surface area contributed by atoms with Crippen molar-refractivity contribution in [3.05, 3.63) is 16.1 Å². The molecule has 1 heterocycles. The van der Waals surface area contributed by atoms with Crippen LogP contribution in [0.15, 0.2) is 6.20 Å². The summed E-state index contributed by atoms with van der Waals surface area (Å²) in [5.74, 6) is -0.691. The number of rotatable bonds is 6. The maximum absolute atomic E-state index is 12.1. The summed E-state index contributed by atoms with van der Waals surface area (Å²) >= 11 is 1.30. The lowest BCUT2D eigenvalue weighted by Gasteiger charge is -2.19. The summed E-state index contributed by atoms with van der Waals surface area (Å²) < 4.78 is 9.49. The number of esters is 1. The first kappa shape index (κ1) is 14.6. The van der Waals surface area contributed by atoms with Gasteiger partial charge in [0.15, 0.2) is 0 Å². The first-order valence-corrected chi connectivity index (χ1v) is 6.17. The van der Waals surface area contributed by atoms with E-state index in [9.17, 15) is 9.59 Å². The summed E-state index contributed by atoms with van der Waals surface area (Å²) in [5.41, 5.74) is 0. The molecule has 7 heteroatoms. The molecule has 0 saturated heterocycles. The number of aromatic nitrogens is 1. The number of carbonyl (C=O) groups is 2. The van der Waals surface area contributed by atoms with Crippen molar-refractivity contribution >= 4 is 23.2 Å². The van der Waals surface area contributed by atoms with E-state index in [1.54, 1.807) is 0 Å². The standard InChI is InChI=1S/C11H16N2O4S/c1-8-12-6-9(18-8)11(15)13(4-5-16-2)7-10(14)17-3/h6H,4-5,7H2,1-3H3. The Labute approximate surface area is 110 Å². The van der Waals surface area contributed by atoms with Gasteiger partial charge >= 0.3 is 5.97 Å². The lowest BCUT2D eigenvalue weighted by molar-refractivity contribution is -0.141. The van der Waals surface area contributed by atoms with Gasteiger partial charge in [-0.3, -0.25) is 9.59 Å². The molecule has 0 unspecified atom stereocenters. The average Bonchev–Trinajstić information content (AvgIpc) is 2.79. The molecular formula is C11H16N2O4S. The van der Waals surface area contributed by atoms with E-state index < -0.39 is 5.97 Å². The second-order valence-corrected chi connectivity index (χ2v) is 4.77. The van der Waals surface area contributed by atoms with Gasteiger partial charge in [-0.1, -0.05) is 0 Å². The van der Waals surface area contributed by atoms with E-state index in [0.717, 1.165) is 5.01 Å². The zero-order chi connectivity index (χ0) is 13.5. The fourth-order valence-corrected chi connectivity index (χ4v) is 2.04. The van der Waals surface area contributed by atoms with Crippen molar-refractivity contribution in [2.45, 2.75) is 6.92 Å². The van der Waals surface area contributed by atoms with Crippen LogP contribution in [-0.4, -0.2) is 55.7 Å². The highest BCUT2D eigenvalue weighted by Gasteiger charge is 2.20. The number of ether oxygens (including phenoxy) is 2. The van der Waals surface area contributed by atoms with Gasteiger partial charge in [0.2, 0.25) is 0 Å². The van der Waals surface area contributed by atoms with Crippen molar-refractivity contribution in [2.75, 3.05) is 33.9 Å². The molecule has 0 aliphatic carbocycles. The molecule has 0 bridgehead atoms. The van der Waals surface area contributed by atoms with Gasteiger partial charge in [0.1, 0.15) is 11.4 Å². The molecule has 0 spiro atoms. The van der Waals surface area contributed by atoms with Crippen LogP contribution >= 0.6 is 11.3 Å². The average molecular weight is 272 g/mol. The fraction of sp³-hybridized carbons (Fsp3) is 0.545. The van der Waals surface area contributed by atoms with Crippen LogP contribution < -0.4 is 0 Å². The van der Waals surface area contributed by atoms with Crippen LogP contribution in [0.25, 0.3) is 0 Å². The molecule has 0 atom stereocenters. The van der Waals surface area contributed by atoms with Gasteiger partial charge in [0.25, 0.3) is 5.91 Å². The van der Waals surface area contributed by atoms with Crippen LogP contribution in [0.5, 0.6) is 0 Å². The third-order valence-electron chi connectivity index (χ3n) is 2.23. The summed E-state index contributed by atoms with van der Waals surface area (Å²) in [6.07, 6.45) is 1.51. The van der Waals surface area contributed by atoms with Crippen molar-refractivity contribution in [3.8, 4) is 0 Å². The lowest BCUT2D eigenvalue weighted by Crippen LogP contribution is -2.38. The van der Waals surface area contributed by atoms with Crippen LogP contribution in [0, 0.1) is 6.92 Å². The molecule has 1 rings (SSSR count). The molecule has 18 heavy (non-hydrogen) atoms. The molecule has 0 N–H and O–H groups in total. The maximum Gasteiger partial charge on any atom is 0.325 e. The highest BCUT2D eigenvalue weighted by molar-refractivity contribution is 7.13. The van der Waals surface area contributed by atoms with Crippen LogP contribution in [0.3, 0.4) is 0 Å². The van der Waals surface area contributed by atoms with E-state index in [1.165, 1.54) is 36.7 Å². The monoisotopic (exact) mass is 272 g/mol. The van der Waals surface area contributed by atoms with Crippen molar-refractivity contribution in [3.63, 3.8) is 0 Å². The van der Waals surface area contributed by atoms with Gasteiger partial charge in [-0.05, 0) is 6.92 Å². The third-order valence-corrected chi connectivity index (χ3v) is 3.13. The summed E-state index contributed by atoms with van der Waals surface area (Å²) in [6, 6.07) is 0. The van der Waals surface area contributed by atoms with E-state index in [4.69, 9.17) is 4.74 Å². The molecule has 0 radical (unpaired) electrons. The normalized spacial score (nSPS) is 10.2. The minimum Gasteiger partial charge on any atom is -0.468 e. The van der Waals surface area contributed by atoms with E-state index in [-0.39, 0.29) is 12.5 Å². The van der Waals surface area contributed by atoms with E-state index in [0.29, 0.717) is 18.0 Å². The van der Waals surface area contributed by atoms with E-state index in [1.807, 2.05) is 6.92 Å². The molecule has 0 aliphatic heterocycles. The largest absolute Gasteiger partial charge is 0.468 e. The van der Waals surface area contributed by atoms with E-state index >= 15 is 0 Å². The first-order chi connectivity index (χ1) is 8.58. The van der Waals surface area contributed by atoms with Crippen molar-refractivity contribution in [1.29, 1.82) is 0 Å². The smallest absolute Gasteiger partial charge is 0.325 e. The minimum absolute atomic E-state index is 0.0877. The zero-order valence-electron chi connectivity index (χ0n) is 10.6. The highest BCUT2D eigenvalue weighted by Crippen LogP contribution is 2.14. The number of hydrogen-bond donors (Lipinski definition) is 0. The number of amides is 1. The fourth-order valence-electron chi connectivity index (χ4n) is 1.29. The Bertz CT molecular complexity index is 419. The summed E-state index contributed by atoms with van der Waals surface area (Å²) in [5, 5.41) is 0.808. The van der Waals surface area contributed by atoms with Crippen LogP contribution in [0.2, 0.25) is 0 Å². The minimum atomic E-state index is -0.458. The molecule has 6 nitrogen and oxygen atoms in total. The van der Waals surface area contributed by atoms with Gasteiger partial charge < -0.3 is 14.4 Å². The Morgan fingerprint density at radius 3 is 2.67 bits per heavy atom. The van der Waals surface area contributed by atoms with Crippen molar-refractivity contribution in [1.82, 2.24) is 9.88 Å². The Kier molecular flexibility index (Phi) is 5.73. The number of nitrogens with zero attached hydrogens (tertiary/aromatic N) is 2. The highest BCUT2D eigenvalue weighted by atomic mass is 32.1. The maximum atomic E-state index is 12.1. The van der Waals surface area contributed by atoms with Gasteiger partial charge in [-0.2, -0.15) is 0 Å². The Morgan fingerprint density at radius 2 is 2.17 bits per heavy atom. The Balaban J connectivity index is 2.74. The Hall–Kier alpha value is -1.47. The number of carbonyl (C=O) groups excluding carboxylic acids is 2. The topological polar surface area (TPSA) is 68.7 Å². The lowest BCUT2D eigenvalue weighted by atomic mass is 10.4. The van der Waals surface area contributed by atoms with Crippen LogP contribution in [0.1, 0.15) is 14.7 Å². The molecule has 0 aliphatic rings. The molecule has 1 amide bonds. The first-order valence-electron chi connectivity index (χ1n) is 5.36. The number of thiazole rings is 1. The summed E-state index contributed by atoms with van der Waals surface area (Å²) in [6.45, 7) is 2.43. The van der Waals surface area contributed by atoms with Gasteiger partial charge in [0, 0.05) is 13.7 Å². The Morgan fingerprint density at radius 1 is 1.44 bits per heavy atom. The molecule has 1 aromatic rings. The third kappa shape index (κ3) is 4.08. The number of aryl methyl sites for hydroxylation is 1. The second-order valence-electron chi connectivity index (χ2n) is 3.54. The van der Waals surface area contributed by atoms with E-state index in [2.05, 4.69) is 9.72 Å². The number of hydrogen-bond acceptors (Lipinski definition) is 6. The molecule has 0 saturated carbocycles. The van der Waals surface area contributed by atoms with Crippen molar-refractivity contribution in [2.24, 2.45) is 0 Å². The van der Waals surface area contributed by atoms with Crippen molar-refractivity contribution < 1.29 is 19.1 Å². The molecular weight excluding hydrogens is 256 g/mol. The van der Waals surface area contributed by atoms with Crippen LogP contribution in [0.4, 0.5) is 0 Å². The number of methoxy groups -OCH3 is 2. The molecule has 1 aromatic heterocycles. The molecule has 100 valence electrons. The van der Waals surface area contributed by atoms with Crippen LogP contribution in [-0.2, 0) is 14.3 Å². The zero-order valence-corrected chi connectivity index (χ0v) is 11.5. The summed E-state index contributed by atoms with van der Waals surface area (Å²) in [7, 11) is 2.83. The predicted molar refractivity (Wildman–Crippen MR) is 66.6 cm³/mol. The van der Waals surface area contributed by atoms with Gasteiger partial charge in [0.05, 0.1) is 24.9 Å². The van der Waals surface area contributed by atoms with Gasteiger partial charge in [-0.15, -0.1) is 11.3 Å². The SMILES string of the molecule is COCCN(CC(=O)OC)C(=O)c1cnc(C)s1. The molecule has 0 fully saturated rings. The predicted octanol–water partition coefficient (Wildman–Crippen LogP) is 0.713. The summed E-state index contributed by atoms with van der Waals surface area (Å²) in [4.78, 5) is 29.3.